The highest BCUT2D eigenvalue weighted by molar-refractivity contribution is 9.10. The van der Waals surface area contributed by atoms with Gasteiger partial charge < -0.3 is 0 Å². The van der Waals surface area contributed by atoms with E-state index >= 15 is 0 Å². The molecule has 0 bridgehead atoms. The Kier molecular flexibility index (Phi) is 3.54. The van der Waals surface area contributed by atoms with Gasteiger partial charge in [0.2, 0.25) is 0 Å². The molecule has 1 aromatic carbocycles. The van der Waals surface area contributed by atoms with Crippen LogP contribution >= 0.6 is 15.9 Å². The molecular weight excluding hydrogens is 273 g/mol. The summed E-state index contributed by atoms with van der Waals surface area (Å²) in [7, 11) is 0. The smallest absolute Gasteiger partial charge is 0.294 e. The molecule has 0 fully saturated rings. The number of hydrogen-bond donors (Lipinski definition) is 0. The summed E-state index contributed by atoms with van der Waals surface area (Å²) in [6.07, 6.45) is -4.43. The molecule has 82 valence electrons. The Balaban J connectivity index is 3.33. The molecule has 0 unspecified atom stereocenters. The van der Waals surface area contributed by atoms with E-state index in [1.165, 1.54) is 19.1 Å². The van der Waals surface area contributed by atoms with Crippen LogP contribution in [0.2, 0.25) is 0 Å². The molecule has 1 nitrogen and oxygen atoms in total. The molecule has 5 heteroatoms. The molecule has 0 aromatic heterocycles. The molecule has 0 aliphatic heterocycles. The van der Waals surface area contributed by atoms with Crippen LogP contribution in [-0.2, 0) is 6.18 Å². The standard InChI is InChI=1S/C10H8BrF3O/c1-2-9(15)7-5-6(11)3-4-8(7)10(12,13)14/h3-5H,2H2,1H3. The second-order valence-electron chi connectivity index (χ2n) is 2.96. The van der Waals surface area contributed by atoms with Gasteiger partial charge in [0.25, 0.3) is 0 Å². The lowest BCUT2D eigenvalue weighted by Crippen LogP contribution is -2.12. The van der Waals surface area contributed by atoms with Crippen molar-refractivity contribution in [3.05, 3.63) is 33.8 Å². The van der Waals surface area contributed by atoms with E-state index in [0.717, 1.165) is 6.07 Å². The van der Waals surface area contributed by atoms with E-state index in [9.17, 15) is 18.0 Å². The van der Waals surface area contributed by atoms with Gasteiger partial charge in [0.1, 0.15) is 0 Å². The Morgan fingerprint density at radius 1 is 1.40 bits per heavy atom. The summed E-state index contributed by atoms with van der Waals surface area (Å²) in [6, 6.07) is 3.39. The SMILES string of the molecule is CCC(=O)c1cc(Br)ccc1C(F)(F)F. The first-order chi connectivity index (χ1) is 6.86. The number of halogens is 4. The molecule has 0 saturated heterocycles. The number of hydrogen-bond acceptors (Lipinski definition) is 1. The first-order valence-corrected chi connectivity index (χ1v) is 5.05. The number of rotatable bonds is 2. The average Bonchev–Trinajstić information content (AvgIpc) is 2.14. The summed E-state index contributed by atoms with van der Waals surface area (Å²) in [6.45, 7) is 1.53. The highest BCUT2D eigenvalue weighted by atomic mass is 79.9. The van der Waals surface area contributed by atoms with E-state index in [-0.39, 0.29) is 12.0 Å². The van der Waals surface area contributed by atoms with E-state index in [1.54, 1.807) is 0 Å². The van der Waals surface area contributed by atoms with E-state index < -0.39 is 17.5 Å². The number of Topliss-reactive ketones (excluding diaryl/α,β-unsaturated/α-hetero) is 1. The Hall–Kier alpha value is -0.840. The van der Waals surface area contributed by atoms with Gasteiger partial charge in [-0.1, -0.05) is 22.9 Å². The molecule has 0 aliphatic rings. The maximum absolute atomic E-state index is 12.5. The Morgan fingerprint density at radius 3 is 2.47 bits per heavy atom. The van der Waals surface area contributed by atoms with Crippen molar-refractivity contribution in [1.29, 1.82) is 0 Å². The molecule has 0 aliphatic carbocycles. The third-order valence-corrected chi connectivity index (χ3v) is 2.40. The van der Waals surface area contributed by atoms with Crippen LogP contribution in [-0.4, -0.2) is 5.78 Å². The first-order valence-electron chi connectivity index (χ1n) is 4.26. The number of benzene rings is 1. The zero-order chi connectivity index (χ0) is 11.6. The molecule has 0 spiro atoms. The van der Waals surface area contributed by atoms with Crippen molar-refractivity contribution in [2.75, 3.05) is 0 Å². The second kappa shape index (κ2) is 4.35. The molecule has 15 heavy (non-hydrogen) atoms. The quantitative estimate of drug-likeness (QED) is 0.747. The summed E-state index contributed by atoms with van der Waals surface area (Å²) < 4.78 is 38.0. The zero-order valence-electron chi connectivity index (χ0n) is 7.86. The highest BCUT2D eigenvalue weighted by Gasteiger charge is 2.34. The fraction of sp³-hybridized carbons (Fsp3) is 0.300. The van der Waals surface area contributed by atoms with E-state index in [2.05, 4.69) is 15.9 Å². The van der Waals surface area contributed by atoms with E-state index in [0.29, 0.717) is 4.47 Å². The van der Waals surface area contributed by atoms with Crippen molar-refractivity contribution in [1.82, 2.24) is 0 Å². The molecule has 0 heterocycles. The van der Waals surface area contributed by atoms with Crippen molar-refractivity contribution >= 4 is 21.7 Å². The zero-order valence-corrected chi connectivity index (χ0v) is 9.45. The Morgan fingerprint density at radius 2 is 2.00 bits per heavy atom. The number of alkyl halides is 3. The van der Waals surface area contributed by atoms with Gasteiger partial charge in [-0.2, -0.15) is 13.2 Å². The topological polar surface area (TPSA) is 17.1 Å². The predicted octanol–water partition coefficient (Wildman–Crippen LogP) is 4.06. The monoisotopic (exact) mass is 280 g/mol. The number of ketones is 1. The van der Waals surface area contributed by atoms with Crippen molar-refractivity contribution in [2.45, 2.75) is 19.5 Å². The molecule has 1 aromatic rings. The molecule has 0 atom stereocenters. The molecular formula is C10H8BrF3O. The van der Waals surface area contributed by atoms with E-state index in [1.807, 2.05) is 0 Å². The second-order valence-corrected chi connectivity index (χ2v) is 3.88. The largest absolute Gasteiger partial charge is 0.417 e. The van der Waals surface area contributed by atoms with Crippen LogP contribution in [0.15, 0.2) is 22.7 Å². The fourth-order valence-electron chi connectivity index (χ4n) is 1.18. The minimum atomic E-state index is -4.49. The van der Waals surface area contributed by atoms with Crippen LogP contribution in [0.3, 0.4) is 0 Å². The van der Waals surface area contributed by atoms with Gasteiger partial charge in [-0.25, -0.2) is 0 Å². The molecule has 1 rings (SSSR count). The lowest BCUT2D eigenvalue weighted by atomic mass is 10.0. The van der Waals surface area contributed by atoms with Crippen LogP contribution in [0.1, 0.15) is 29.3 Å². The van der Waals surface area contributed by atoms with Crippen molar-refractivity contribution in [3.63, 3.8) is 0 Å². The van der Waals surface area contributed by atoms with E-state index in [4.69, 9.17) is 0 Å². The average molecular weight is 281 g/mol. The van der Waals surface area contributed by atoms with Gasteiger partial charge in [0.05, 0.1) is 5.56 Å². The minimum absolute atomic E-state index is 0.0551. The minimum Gasteiger partial charge on any atom is -0.294 e. The van der Waals surface area contributed by atoms with Gasteiger partial charge in [-0.15, -0.1) is 0 Å². The molecule has 0 saturated carbocycles. The summed E-state index contributed by atoms with van der Waals surface area (Å²) in [4.78, 5) is 11.3. The van der Waals surface area contributed by atoms with Crippen LogP contribution in [0.25, 0.3) is 0 Å². The normalized spacial score (nSPS) is 11.5. The number of carbonyl (C=O) groups excluding carboxylic acids is 1. The summed E-state index contributed by atoms with van der Waals surface area (Å²) in [5, 5.41) is 0. The van der Waals surface area contributed by atoms with Gasteiger partial charge >= 0.3 is 6.18 Å². The summed E-state index contributed by atoms with van der Waals surface area (Å²) in [5.74, 6) is -0.511. The van der Waals surface area contributed by atoms with Crippen molar-refractivity contribution < 1.29 is 18.0 Å². The molecule has 0 amide bonds. The Labute approximate surface area is 93.4 Å². The fourth-order valence-corrected chi connectivity index (χ4v) is 1.55. The maximum Gasteiger partial charge on any atom is 0.417 e. The maximum atomic E-state index is 12.5. The lowest BCUT2D eigenvalue weighted by molar-refractivity contribution is -0.137. The molecule has 0 radical (unpaired) electrons. The van der Waals surface area contributed by atoms with Gasteiger partial charge in [-0.05, 0) is 18.2 Å². The number of carbonyl (C=O) groups is 1. The van der Waals surface area contributed by atoms with Crippen LogP contribution in [0.5, 0.6) is 0 Å². The summed E-state index contributed by atoms with van der Waals surface area (Å²) >= 11 is 3.04. The van der Waals surface area contributed by atoms with Crippen LogP contribution in [0.4, 0.5) is 13.2 Å². The Bertz CT molecular complexity index is 385. The predicted molar refractivity (Wildman–Crippen MR) is 53.8 cm³/mol. The van der Waals surface area contributed by atoms with Gasteiger partial charge in [0, 0.05) is 16.5 Å². The molecule has 0 N–H and O–H groups in total. The van der Waals surface area contributed by atoms with Gasteiger partial charge in [0.15, 0.2) is 5.78 Å². The summed E-state index contributed by atoms with van der Waals surface area (Å²) in [5.41, 5.74) is -1.16. The van der Waals surface area contributed by atoms with Crippen LogP contribution < -0.4 is 0 Å². The first kappa shape index (κ1) is 12.2. The highest BCUT2D eigenvalue weighted by Crippen LogP contribution is 2.33. The van der Waals surface area contributed by atoms with Crippen molar-refractivity contribution in [2.24, 2.45) is 0 Å². The van der Waals surface area contributed by atoms with Crippen molar-refractivity contribution in [3.8, 4) is 0 Å². The lowest BCUT2D eigenvalue weighted by Gasteiger charge is -2.11. The third kappa shape index (κ3) is 2.81. The van der Waals surface area contributed by atoms with Gasteiger partial charge in [-0.3, -0.25) is 4.79 Å². The van der Waals surface area contributed by atoms with Crippen LogP contribution in [0, 0.1) is 0 Å². The third-order valence-electron chi connectivity index (χ3n) is 1.91.